The van der Waals surface area contributed by atoms with Crippen LogP contribution in [-0.2, 0) is 24.1 Å². The summed E-state index contributed by atoms with van der Waals surface area (Å²) < 4.78 is 1.54. The number of hydrogen-bond donors (Lipinski definition) is 1. The molecule has 0 bridgehead atoms. The van der Waals surface area contributed by atoms with Crippen LogP contribution < -0.4 is 10.9 Å². The number of aromatic nitrogens is 2. The highest BCUT2D eigenvalue weighted by Gasteiger charge is 2.25. The predicted molar refractivity (Wildman–Crippen MR) is 114 cm³/mol. The maximum atomic E-state index is 13.3. The first-order chi connectivity index (χ1) is 13.5. The van der Waals surface area contributed by atoms with Gasteiger partial charge in [0.25, 0.3) is 5.56 Å². The molecule has 4 rings (SSSR count). The van der Waals surface area contributed by atoms with E-state index in [0.717, 1.165) is 47.2 Å². The number of amides is 1. The van der Waals surface area contributed by atoms with Crippen LogP contribution in [0.4, 0.5) is 5.69 Å². The predicted octanol–water partition coefficient (Wildman–Crippen LogP) is 4.41. The highest BCUT2D eigenvalue weighted by molar-refractivity contribution is 7.18. The first-order valence-corrected chi connectivity index (χ1v) is 10.7. The molecule has 2 aromatic heterocycles. The Hall–Kier alpha value is -2.47. The van der Waals surface area contributed by atoms with Gasteiger partial charge in [-0.2, -0.15) is 0 Å². The molecule has 6 heteroatoms. The van der Waals surface area contributed by atoms with E-state index in [1.807, 2.05) is 24.3 Å². The van der Waals surface area contributed by atoms with E-state index in [1.165, 1.54) is 16.9 Å². The third-order valence-corrected chi connectivity index (χ3v) is 6.78. The van der Waals surface area contributed by atoms with Gasteiger partial charge >= 0.3 is 0 Å². The quantitative estimate of drug-likeness (QED) is 0.712. The SMILES string of the molecule is CCc1ccc(NC(=O)C(C)n2c(C)nc3sc4c(c3c2=O)CCCC4)cc1. The number of hydrogen-bond acceptors (Lipinski definition) is 4. The van der Waals surface area contributed by atoms with E-state index in [-0.39, 0.29) is 11.5 Å². The van der Waals surface area contributed by atoms with Crippen LogP contribution in [-0.4, -0.2) is 15.5 Å². The van der Waals surface area contributed by atoms with Gasteiger partial charge in [0.1, 0.15) is 16.7 Å². The van der Waals surface area contributed by atoms with Crippen molar-refractivity contribution in [3.8, 4) is 0 Å². The molecule has 2 heterocycles. The molecule has 1 N–H and O–H groups in total. The minimum atomic E-state index is -0.630. The molecular weight excluding hydrogens is 370 g/mol. The largest absolute Gasteiger partial charge is 0.324 e. The Morgan fingerprint density at radius 1 is 1.25 bits per heavy atom. The molecule has 1 aliphatic rings. The molecule has 0 saturated carbocycles. The Balaban J connectivity index is 1.69. The normalized spacial score (nSPS) is 14.7. The number of fused-ring (bicyclic) bond motifs is 3. The Morgan fingerprint density at radius 2 is 1.96 bits per heavy atom. The maximum Gasteiger partial charge on any atom is 0.263 e. The number of anilines is 1. The number of benzene rings is 1. The summed E-state index contributed by atoms with van der Waals surface area (Å²) in [4.78, 5) is 32.9. The fourth-order valence-electron chi connectivity index (χ4n) is 3.96. The first-order valence-electron chi connectivity index (χ1n) is 9.92. The molecule has 5 nitrogen and oxygen atoms in total. The zero-order valence-electron chi connectivity index (χ0n) is 16.5. The van der Waals surface area contributed by atoms with Crippen LogP contribution >= 0.6 is 11.3 Å². The van der Waals surface area contributed by atoms with Gasteiger partial charge in [-0.15, -0.1) is 11.3 Å². The summed E-state index contributed by atoms with van der Waals surface area (Å²) >= 11 is 1.64. The molecule has 0 aliphatic heterocycles. The highest BCUT2D eigenvalue weighted by Crippen LogP contribution is 2.34. The van der Waals surface area contributed by atoms with Gasteiger partial charge in [0.2, 0.25) is 5.91 Å². The fraction of sp³-hybridized carbons (Fsp3) is 0.409. The third-order valence-electron chi connectivity index (χ3n) is 5.59. The van der Waals surface area contributed by atoms with E-state index in [0.29, 0.717) is 5.82 Å². The molecule has 0 spiro atoms. The summed E-state index contributed by atoms with van der Waals surface area (Å²) in [6.07, 6.45) is 5.19. The molecule has 3 aromatic rings. The number of nitrogens with zero attached hydrogens (tertiary/aromatic N) is 2. The standard InChI is InChI=1S/C22H25N3O2S/c1-4-15-9-11-16(12-10-15)24-20(26)13(2)25-14(3)23-21-19(22(25)27)17-7-5-6-8-18(17)28-21/h9-13H,4-8H2,1-3H3,(H,24,26). The topological polar surface area (TPSA) is 64.0 Å². The Morgan fingerprint density at radius 3 is 2.68 bits per heavy atom. The van der Waals surface area contributed by atoms with Crippen molar-refractivity contribution < 1.29 is 4.79 Å². The van der Waals surface area contributed by atoms with E-state index in [1.54, 1.807) is 29.8 Å². The molecule has 28 heavy (non-hydrogen) atoms. The van der Waals surface area contributed by atoms with Crippen LogP contribution in [0.5, 0.6) is 0 Å². The van der Waals surface area contributed by atoms with Crippen molar-refractivity contribution in [1.29, 1.82) is 0 Å². The maximum absolute atomic E-state index is 13.3. The van der Waals surface area contributed by atoms with Crippen molar-refractivity contribution in [2.24, 2.45) is 0 Å². The van der Waals surface area contributed by atoms with Gasteiger partial charge in [-0.3, -0.25) is 14.2 Å². The number of aryl methyl sites for hydroxylation is 4. The minimum Gasteiger partial charge on any atom is -0.324 e. The van der Waals surface area contributed by atoms with E-state index in [4.69, 9.17) is 0 Å². The van der Waals surface area contributed by atoms with Crippen LogP contribution in [0.1, 0.15) is 54.6 Å². The van der Waals surface area contributed by atoms with Crippen molar-refractivity contribution in [3.05, 3.63) is 56.4 Å². The van der Waals surface area contributed by atoms with E-state index >= 15 is 0 Å². The number of carbonyl (C=O) groups is 1. The molecule has 0 saturated heterocycles. The summed E-state index contributed by atoms with van der Waals surface area (Å²) in [5.41, 5.74) is 3.02. The van der Waals surface area contributed by atoms with Crippen molar-refractivity contribution >= 4 is 33.1 Å². The second-order valence-electron chi connectivity index (χ2n) is 7.44. The lowest BCUT2D eigenvalue weighted by Crippen LogP contribution is -2.34. The lowest BCUT2D eigenvalue weighted by atomic mass is 9.97. The number of rotatable bonds is 4. The van der Waals surface area contributed by atoms with Crippen LogP contribution in [0.25, 0.3) is 10.2 Å². The van der Waals surface area contributed by atoms with Gasteiger partial charge in [0.05, 0.1) is 5.39 Å². The van der Waals surface area contributed by atoms with Gasteiger partial charge in [0, 0.05) is 10.6 Å². The van der Waals surface area contributed by atoms with Crippen molar-refractivity contribution in [3.63, 3.8) is 0 Å². The minimum absolute atomic E-state index is 0.0918. The second kappa shape index (κ2) is 7.51. The van der Waals surface area contributed by atoms with Crippen LogP contribution in [0.2, 0.25) is 0 Å². The zero-order chi connectivity index (χ0) is 19.8. The number of nitrogens with one attached hydrogen (secondary N) is 1. The fourth-order valence-corrected chi connectivity index (χ4v) is 5.26. The highest BCUT2D eigenvalue weighted by atomic mass is 32.1. The molecule has 1 unspecified atom stereocenters. The molecule has 0 fully saturated rings. The van der Waals surface area contributed by atoms with E-state index in [9.17, 15) is 9.59 Å². The number of thiophene rings is 1. The zero-order valence-corrected chi connectivity index (χ0v) is 17.4. The lowest BCUT2D eigenvalue weighted by Gasteiger charge is -2.18. The van der Waals surface area contributed by atoms with Crippen LogP contribution in [0.3, 0.4) is 0 Å². The van der Waals surface area contributed by atoms with E-state index < -0.39 is 6.04 Å². The summed E-state index contributed by atoms with van der Waals surface area (Å²) in [6, 6.07) is 7.17. The summed E-state index contributed by atoms with van der Waals surface area (Å²) in [7, 11) is 0. The van der Waals surface area contributed by atoms with Crippen LogP contribution in [0, 0.1) is 6.92 Å². The molecule has 0 radical (unpaired) electrons. The van der Waals surface area contributed by atoms with E-state index in [2.05, 4.69) is 17.2 Å². The van der Waals surface area contributed by atoms with Crippen molar-refractivity contribution in [2.45, 2.75) is 58.9 Å². The molecule has 1 atom stereocenters. The summed E-state index contributed by atoms with van der Waals surface area (Å²) in [5, 5.41) is 3.65. The average Bonchev–Trinajstić information content (AvgIpc) is 3.06. The Labute approximate surface area is 168 Å². The second-order valence-corrected chi connectivity index (χ2v) is 8.52. The Bertz CT molecular complexity index is 1100. The van der Waals surface area contributed by atoms with Gasteiger partial charge < -0.3 is 5.32 Å². The van der Waals surface area contributed by atoms with Gasteiger partial charge in [0.15, 0.2) is 0 Å². The van der Waals surface area contributed by atoms with Crippen molar-refractivity contribution in [1.82, 2.24) is 9.55 Å². The first kappa shape index (κ1) is 18.9. The average molecular weight is 396 g/mol. The van der Waals surface area contributed by atoms with Crippen LogP contribution in [0.15, 0.2) is 29.1 Å². The molecule has 146 valence electrons. The number of carbonyl (C=O) groups excluding carboxylic acids is 1. The van der Waals surface area contributed by atoms with Gasteiger partial charge in [-0.1, -0.05) is 19.1 Å². The summed E-state index contributed by atoms with van der Waals surface area (Å²) in [5.74, 6) is 0.375. The smallest absolute Gasteiger partial charge is 0.263 e. The third kappa shape index (κ3) is 3.26. The van der Waals surface area contributed by atoms with Gasteiger partial charge in [-0.25, -0.2) is 4.98 Å². The van der Waals surface area contributed by atoms with Crippen molar-refractivity contribution in [2.75, 3.05) is 5.32 Å². The summed E-state index contributed by atoms with van der Waals surface area (Å²) in [6.45, 7) is 5.66. The van der Waals surface area contributed by atoms with Gasteiger partial charge in [-0.05, 0) is 69.2 Å². The molecular formula is C22H25N3O2S. The molecule has 1 aliphatic carbocycles. The Kier molecular flexibility index (Phi) is 5.06. The lowest BCUT2D eigenvalue weighted by molar-refractivity contribution is -0.118. The molecule has 1 aromatic carbocycles. The monoisotopic (exact) mass is 395 g/mol. The molecule has 1 amide bonds.